The topological polar surface area (TPSA) is 85.6 Å². The predicted molar refractivity (Wildman–Crippen MR) is 103 cm³/mol. The van der Waals surface area contributed by atoms with Crippen LogP contribution in [0.4, 0.5) is 10.5 Å². The number of thiazole rings is 1. The highest BCUT2D eigenvalue weighted by molar-refractivity contribution is 8.01. The lowest BCUT2D eigenvalue weighted by molar-refractivity contribution is -0.384. The van der Waals surface area contributed by atoms with Crippen molar-refractivity contribution < 1.29 is 14.5 Å². The molecule has 2 aromatic rings. The summed E-state index contributed by atoms with van der Waals surface area (Å²) in [6.45, 7) is 6.31. The molecule has 1 aliphatic rings. The molecule has 1 aromatic carbocycles. The second-order valence-electron chi connectivity index (χ2n) is 7.17. The van der Waals surface area contributed by atoms with Gasteiger partial charge in [-0.05, 0) is 39.7 Å². The van der Waals surface area contributed by atoms with E-state index in [0.717, 1.165) is 27.6 Å². The molecule has 0 aliphatic carbocycles. The van der Waals surface area contributed by atoms with Crippen LogP contribution in [0.3, 0.4) is 0 Å². The summed E-state index contributed by atoms with van der Waals surface area (Å²) < 4.78 is 7.27. The predicted octanol–water partition coefficient (Wildman–Crippen LogP) is 4.70. The molecule has 0 N–H and O–H groups in total. The van der Waals surface area contributed by atoms with Crippen LogP contribution in [-0.4, -0.2) is 44.8 Å². The van der Waals surface area contributed by atoms with Crippen molar-refractivity contribution in [3.63, 3.8) is 0 Å². The van der Waals surface area contributed by atoms with Crippen molar-refractivity contribution in [1.29, 1.82) is 0 Å². The van der Waals surface area contributed by atoms with Gasteiger partial charge in [0.1, 0.15) is 5.60 Å². The summed E-state index contributed by atoms with van der Waals surface area (Å²) in [6, 6.07) is 4.85. The summed E-state index contributed by atoms with van der Waals surface area (Å²) in [5.74, 6) is 0.737. The largest absolute Gasteiger partial charge is 0.444 e. The van der Waals surface area contributed by atoms with Crippen molar-refractivity contribution in [3.8, 4) is 0 Å². The monoisotopic (exact) mass is 395 g/mol. The van der Waals surface area contributed by atoms with Crippen LogP contribution in [0, 0.1) is 10.1 Å². The van der Waals surface area contributed by atoms with E-state index in [1.165, 1.54) is 23.5 Å². The fourth-order valence-corrected chi connectivity index (χ4v) is 5.04. The maximum atomic E-state index is 12.3. The van der Waals surface area contributed by atoms with Gasteiger partial charge in [0.15, 0.2) is 4.34 Å². The number of rotatable bonds is 4. The highest BCUT2D eigenvalue weighted by Gasteiger charge is 2.32. The fourth-order valence-electron chi connectivity index (χ4n) is 2.81. The molecule has 2 heterocycles. The smallest absolute Gasteiger partial charge is 0.410 e. The Morgan fingerprint density at radius 2 is 2.27 bits per heavy atom. The molecule has 1 aromatic heterocycles. The number of hydrogen-bond acceptors (Lipinski definition) is 7. The van der Waals surface area contributed by atoms with E-state index in [1.807, 2.05) is 20.8 Å². The molecular formula is C17H21N3O4S2. The van der Waals surface area contributed by atoms with Gasteiger partial charge >= 0.3 is 6.09 Å². The van der Waals surface area contributed by atoms with E-state index in [2.05, 4.69) is 4.98 Å². The van der Waals surface area contributed by atoms with Crippen molar-refractivity contribution >= 4 is 45.1 Å². The molecular weight excluding hydrogens is 374 g/mol. The Bertz CT molecular complexity index is 831. The number of fused-ring (bicyclic) bond motifs is 1. The molecule has 0 bridgehead atoms. The maximum Gasteiger partial charge on any atom is 0.410 e. The third kappa shape index (κ3) is 4.45. The molecule has 1 aliphatic heterocycles. The number of non-ortho nitro benzene ring substituents is 1. The van der Waals surface area contributed by atoms with Gasteiger partial charge in [0.2, 0.25) is 0 Å². The summed E-state index contributed by atoms with van der Waals surface area (Å²) in [5.41, 5.74) is 0.187. The minimum atomic E-state index is -0.501. The lowest BCUT2D eigenvalue weighted by atomic mass is 10.2. The molecule has 9 heteroatoms. The van der Waals surface area contributed by atoms with E-state index in [9.17, 15) is 14.9 Å². The first-order valence-electron chi connectivity index (χ1n) is 8.40. The van der Waals surface area contributed by atoms with Gasteiger partial charge in [-0.2, -0.15) is 0 Å². The van der Waals surface area contributed by atoms with Crippen LogP contribution < -0.4 is 0 Å². The molecule has 140 valence electrons. The quantitative estimate of drug-likeness (QED) is 0.424. The highest BCUT2D eigenvalue weighted by atomic mass is 32.2. The first-order chi connectivity index (χ1) is 12.2. The zero-order valence-corrected chi connectivity index (χ0v) is 16.6. The molecule has 0 unspecified atom stereocenters. The third-order valence-corrected chi connectivity index (χ3v) is 6.29. The number of nitro groups is 1. The van der Waals surface area contributed by atoms with E-state index >= 15 is 0 Å². The molecule has 7 nitrogen and oxygen atoms in total. The van der Waals surface area contributed by atoms with Gasteiger partial charge < -0.3 is 9.64 Å². The molecule has 1 amide bonds. The average molecular weight is 396 g/mol. The summed E-state index contributed by atoms with van der Waals surface area (Å²) in [4.78, 5) is 29.1. The first-order valence-corrected chi connectivity index (χ1v) is 10.2. The lowest BCUT2D eigenvalue weighted by Gasteiger charge is -2.28. The Kier molecular flexibility index (Phi) is 5.38. The lowest BCUT2D eigenvalue weighted by Crippen LogP contribution is -2.40. The SMILES string of the molecule is CC(C)(C)OC(=O)N1CCC[C@@H]1CSc1nc2cc([N+](=O)[O-])ccc2s1. The molecule has 1 saturated heterocycles. The van der Waals surface area contributed by atoms with Gasteiger partial charge in [0, 0.05) is 30.5 Å². The molecule has 0 spiro atoms. The van der Waals surface area contributed by atoms with Crippen LogP contribution in [0.5, 0.6) is 0 Å². The van der Waals surface area contributed by atoms with E-state index < -0.39 is 10.5 Å². The summed E-state index contributed by atoms with van der Waals surface area (Å²) in [7, 11) is 0. The normalized spacial score (nSPS) is 17.7. The number of nitro benzene ring substituents is 1. The molecule has 0 saturated carbocycles. The van der Waals surface area contributed by atoms with E-state index in [4.69, 9.17) is 4.74 Å². The van der Waals surface area contributed by atoms with Crippen LogP contribution in [0.2, 0.25) is 0 Å². The number of benzene rings is 1. The Morgan fingerprint density at radius 1 is 1.50 bits per heavy atom. The Labute approximate surface area is 159 Å². The molecule has 3 rings (SSSR count). The van der Waals surface area contributed by atoms with Crippen molar-refractivity contribution in [3.05, 3.63) is 28.3 Å². The molecule has 26 heavy (non-hydrogen) atoms. The number of carbonyl (C=O) groups excluding carboxylic acids is 1. The Morgan fingerprint density at radius 3 is 2.96 bits per heavy atom. The number of aromatic nitrogens is 1. The van der Waals surface area contributed by atoms with E-state index in [0.29, 0.717) is 12.1 Å². The van der Waals surface area contributed by atoms with Gasteiger partial charge in [0.25, 0.3) is 5.69 Å². The van der Waals surface area contributed by atoms with Crippen LogP contribution in [0.25, 0.3) is 10.2 Å². The molecule has 1 atom stereocenters. The second-order valence-corrected chi connectivity index (χ2v) is 9.47. The van der Waals surface area contributed by atoms with Gasteiger partial charge in [0.05, 0.1) is 15.1 Å². The number of thioether (sulfide) groups is 1. The van der Waals surface area contributed by atoms with Crippen molar-refractivity contribution in [2.75, 3.05) is 12.3 Å². The highest BCUT2D eigenvalue weighted by Crippen LogP contribution is 2.33. The van der Waals surface area contributed by atoms with Gasteiger partial charge in [-0.25, -0.2) is 9.78 Å². The van der Waals surface area contributed by atoms with Crippen LogP contribution in [0.15, 0.2) is 22.5 Å². The van der Waals surface area contributed by atoms with Crippen molar-refractivity contribution in [2.24, 2.45) is 0 Å². The Hall–Kier alpha value is -1.87. The molecule has 0 radical (unpaired) electrons. The number of hydrogen-bond donors (Lipinski definition) is 0. The Balaban J connectivity index is 1.65. The van der Waals surface area contributed by atoms with E-state index in [-0.39, 0.29) is 17.8 Å². The van der Waals surface area contributed by atoms with Crippen LogP contribution in [0.1, 0.15) is 33.6 Å². The average Bonchev–Trinajstić information content (AvgIpc) is 3.16. The summed E-state index contributed by atoms with van der Waals surface area (Å²) in [6.07, 6.45) is 1.65. The zero-order chi connectivity index (χ0) is 18.9. The first kappa shape index (κ1) is 18.9. The summed E-state index contributed by atoms with van der Waals surface area (Å²) >= 11 is 3.10. The zero-order valence-electron chi connectivity index (χ0n) is 14.9. The number of likely N-dealkylation sites (tertiary alicyclic amines) is 1. The van der Waals surface area contributed by atoms with Crippen molar-refractivity contribution in [1.82, 2.24) is 9.88 Å². The third-order valence-electron chi connectivity index (χ3n) is 3.97. The maximum absolute atomic E-state index is 12.3. The number of ether oxygens (including phenoxy) is 1. The number of carbonyl (C=O) groups is 1. The van der Waals surface area contributed by atoms with Crippen LogP contribution in [-0.2, 0) is 4.74 Å². The van der Waals surface area contributed by atoms with Crippen LogP contribution >= 0.6 is 23.1 Å². The molecule has 1 fully saturated rings. The minimum absolute atomic E-state index is 0.0474. The summed E-state index contributed by atoms with van der Waals surface area (Å²) in [5, 5.41) is 10.9. The fraction of sp³-hybridized carbons (Fsp3) is 0.529. The van der Waals surface area contributed by atoms with Gasteiger partial charge in [-0.3, -0.25) is 10.1 Å². The second kappa shape index (κ2) is 7.40. The van der Waals surface area contributed by atoms with Gasteiger partial charge in [-0.15, -0.1) is 11.3 Å². The number of nitrogens with zero attached hydrogens (tertiary/aromatic N) is 3. The minimum Gasteiger partial charge on any atom is -0.444 e. The van der Waals surface area contributed by atoms with Gasteiger partial charge in [-0.1, -0.05) is 11.8 Å². The standard InChI is InChI=1S/C17H21N3O4S2/c1-17(2,3)24-16(21)19-8-4-5-12(19)10-25-15-18-13-9-11(20(22)23)6-7-14(13)26-15/h6-7,9,12H,4-5,8,10H2,1-3H3/t12-/m1/s1. The van der Waals surface area contributed by atoms with Crippen molar-refractivity contribution in [2.45, 2.75) is 49.6 Å². The van der Waals surface area contributed by atoms with E-state index in [1.54, 1.807) is 22.7 Å². The number of amides is 1.